The van der Waals surface area contributed by atoms with E-state index in [-0.39, 0.29) is 5.91 Å². The lowest BCUT2D eigenvalue weighted by Gasteiger charge is -2.38. The van der Waals surface area contributed by atoms with Crippen molar-refractivity contribution >= 4 is 40.8 Å². The Morgan fingerprint density at radius 2 is 1.68 bits per heavy atom. The van der Waals surface area contributed by atoms with Crippen molar-refractivity contribution in [1.29, 1.82) is 0 Å². The number of aliphatic carboxylic acids is 1. The molecule has 31 heavy (non-hydrogen) atoms. The summed E-state index contributed by atoms with van der Waals surface area (Å²) in [6.45, 7) is -0.468. The smallest absolute Gasteiger partial charge is 0.322 e. The standard InChI is InChI=1S/C23H18ClN3O4/c24-16-9-5-14(6-10-16)21-26-19-4-2-1-3-18(19)23(31)27(21)17-11-7-15(8-12-17)22(30)25-13-20(28)29/h1-12,21,26H,13H2,(H,25,30)(H,28,29). The maximum absolute atomic E-state index is 13.4. The number of anilines is 2. The minimum Gasteiger partial charge on any atom is -0.480 e. The lowest BCUT2D eigenvalue weighted by atomic mass is 10.0. The molecule has 7 nitrogen and oxygen atoms in total. The molecule has 1 aliphatic heterocycles. The summed E-state index contributed by atoms with van der Waals surface area (Å²) in [5.74, 6) is -1.81. The van der Waals surface area contributed by atoms with E-state index in [1.165, 1.54) is 0 Å². The van der Waals surface area contributed by atoms with E-state index < -0.39 is 24.6 Å². The first-order valence-electron chi connectivity index (χ1n) is 9.48. The molecule has 0 saturated heterocycles. The zero-order valence-corrected chi connectivity index (χ0v) is 17.0. The zero-order valence-electron chi connectivity index (χ0n) is 16.2. The topological polar surface area (TPSA) is 98.7 Å². The number of amides is 2. The van der Waals surface area contributed by atoms with Crippen LogP contribution in [0.4, 0.5) is 11.4 Å². The zero-order chi connectivity index (χ0) is 22.0. The van der Waals surface area contributed by atoms with Crippen molar-refractivity contribution in [2.24, 2.45) is 0 Å². The van der Waals surface area contributed by atoms with Crippen LogP contribution >= 0.6 is 11.6 Å². The molecule has 0 aliphatic carbocycles. The van der Waals surface area contributed by atoms with Gasteiger partial charge < -0.3 is 15.7 Å². The summed E-state index contributed by atoms with van der Waals surface area (Å²) in [7, 11) is 0. The van der Waals surface area contributed by atoms with Crippen LogP contribution in [0.25, 0.3) is 0 Å². The lowest BCUT2D eigenvalue weighted by molar-refractivity contribution is -0.135. The highest BCUT2D eigenvalue weighted by atomic mass is 35.5. The molecule has 2 amide bonds. The number of benzene rings is 3. The minimum absolute atomic E-state index is 0.183. The molecule has 1 heterocycles. The molecule has 1 atom stereocenters. The van der Waals surface area contributed by atoms with E-state index in [0.29, 0.717) is 21.8 Å². The predicted molar refractivity (Wildman–Crippen MR) is 117 cm³/mol. The highest BCUT2D eigenvalue weighted by Gasteiger charge is 2.34. The minimum atomic E-state index is -1.13. The van der Waals surface area contributed by atoms with Gasteiger partial charge in [0.1, 0.15) is 12.7 Å². The Kier molecular flexibility index (Phi) is 5.60. The molecule has 3 aromatic carbocycles. The first-order valence-corrected chi connectivity index (χ1v) is 9.86. The predicted octanol–water partition coefficient (Wildman–Crippen LogP) is 3.93. The SMILES string of the molecule is O=C(O)CNC(=O)c1ccc(N2C(=O)c3ccccc3NC2c2ccc(Cl)cc2)cc1. The fraction of sp³-hybridized carbons (Fsp3) is 0.0870. The highest BCUT2D eigenvalue weighted by molar-refractivity contribution is 6.30. The van der Waals surface area contributed by atoms with Gasteiger partial charge in [-0.15, -0.1) is 0 Å². The van der Waals surface area contributed by atoms with Crippen molar-refractivity contribution in [2.75, 3.05) is 16.8 Å². The number of rotatable bonds is 5. The first kappa shape index (κ1) is 20.4. The normalized spacial score (nSPS) is 15.1. The van der Waals surface area contributed by atoms with E-state index in [2.05, 4.69) is 10.6 Å². The van der Waals surface area contributed by atoms with E-state index in [1.807, 2.05) is 24.3 Å². The van der Waals surface area contributed by atoms with Crippen LogP contribution in [0.1, 0.15) is 32.4 Å². The Bertz CT molecular complexity index is 1150. The second-order valence-corrected chi connectivity index (χ2v) is 7.38. The van der Waals surface area contributed by atoms with Crippen LogP contribution < -0.4 is 15.5 Å². The Morgan fingerprint density at radius 3 is 2.35 bits per heavy atom. The van der Waals surface area contributed by atoms with E-state index >= 15 is 0 Å². The Labute approximate surface area is 183 Å². The number of para-hydroxylation sites is 1. The van der Waals surface area contributed by atoms with Crippen LogP contribution in [-0.4, -0.2) is 29.4 Å². The largest absolute Gasteiger partial charge is 0.480 e. The number of halogens is 1. The quantitative estimate of drug-likeness (QED) is 0.564. The van der Waals surface area contributed by atoms with Crippen LogP contribution in [0.3, 0.4) is 0 Å². The maximum Gasteiger partial charge on any atom is 0.322 e. The molecule has 1 aliphatic rings. The van der Waals surface area contributed by atoms with Crippen molar-refractivity contribution in [1.82, 2.24) is 5.32 Å². The average Bonchev–Trinajstić information content (AvgIpc) is 2.78. The van der Waals surface area contributed by atoms with Gasteiger partial charge >= 0.3 is 5.97 Å². The molecular formula is C23H18ClN3O4. The van der Waals surface area contributed by atoms with Gasteiger partial charge in [0.2, 0.25) is 0 Å². The van der Waals surface area contributed by atoms with E-state index in [0.717, 1.165) is 11.3 Å². The molecule has 0 bridgehead atoms. The number of carbonyl (C=O) groups excluding carboxylic acids is 2. The Hall–Kier alpha value is -3.84. The van der Waals surface area contributed by atoms with Crippen LogP contribution in [-0.2, 0) is 4.79 Å². The molecule has 0 spiro atoms. The van der Waals surface area contributed by atoms with E-state index in [9.17, 15) is 14.4 Å². The van der Waals surface area contributed by atoms with Crippen molar-refractivity contribution in [3.05, 3.63) is 94.5 Å². The molecule has 4 rings (SSSR count). The number of hydrogen-bond acceptors (Lipinski definition) is 4. The fourth-order valence-electron chi connectivity index (χ4n) is 3.43. The summed E-state index contributed by atoms with van der Waals surface area (Å²) >= 11 is 6.03. The fourth-order valence-corrected chi connectivity index (χ4v) is 3.56. The molecule has 0 radical (unpaired) electrons. The summed E-state index contributed by atoms with van der Waals surface area (Å²) in [6.07, 6.45) is -0.480. The van der Waals surface area contributed by atoms with Gasteiger partial charge in [-0.05, 0) is 54.1 Å². The maximum atomic E-state index is 13.4. The number of carboxylic acids is 1. The van der Waals surface area contributed by atoms with Crippen LogP contribution in [0.5, 0.6) is 0 Å². The highest BCUT2D eigenvalue weighted by Crippen LogP contribution is 2.36. The van der Waals surface area contributed by atoms with Gasteiger partial charge in [-0.25, -0.2) is 0 Å². The summed E-state index contributed by atoms with van der Waals surface area (Å²) in [6, 6.07) is 20.9. The number of hydrogen-bond donors (Lipinski definition) is 3. The van der Waals surface area contributed by atoms with Crippen molar-refractivity contribution in [3.63, 3.8) is 0 Å². The number of nitrogens with zero attached hydrogens (tertiary/aromatic N) is 1. The van der Waals surface area contributed by atoms with Gasteiger partial charge in [0.25, 0.3) is 11.8 Å². The van der Waals surface area contributed by atoms with Crippen LogP contribution in [0, 0.1) is 0 Å². The number of carbonyl (C=O) groups is 3. The Morgan fingerprint density at radius 1 is 1.00 bits per heavy atom. The van der Waals surface area contributed by atoms with E-state index in [1.54, 1.807) is 53.4 Å². The van der Waals surface area contributed by atoms with Gasteiger partial charge in [-0.2, -0.15) is 0 Å². The van der Waals surface area contributed by atoms with Crippen molar-refractivity contribution < 1.29 is 19.5 Å². The molecule has 3 N–H and O–H groups in total. The second kappa shape index (κ2) is 8.49. The molecule has 156 valence electrons. The second-order valence-electron chi connectivity index (χ2n) is 6.94. The average molecular weight is 436 g/mol. The first-order chi connectivity index (χ1) is 14.9. The summed E-state index contributed by atoms with van der Waals surface area (Å²) < 4.78 is 0. The molecule has 0 fully saturated rings. The third-order valence-electron chi connectivity index (χ3n) is 4.92. The number of nitrogens with one attached hydrogen (secondary N) is 2. The van der Waals surface area contributed by atoms with Gasteiger partial charge in [-0.1, -0.05) is 35.9 Å². The summed E-state index contributed by atoms with van der Waals surface area (Å²) in [5.41, 5.74) is 2.99. The monoisotopic (exact) mass is 435 g/mol. The number of fused-ring (bicyclic) bond motifs is 1. The lowest BCUT2D eigenvalue weighted by Crippen LogP contribution is -2.43. The summed E-state index contributed by atoms with van der Waals surface area (Å²) in [4.78, 5) is 37.7. The molecule has 3 aromatic rings. The number of carboxylic acid groups (broad SMARTS) is 1. The molecular weight excluding hydrogens is 418 g/mol. The van der Waals surface area contributed by atoms with Crippen LogP contribution in [0.15, 0.2) is 72.8 Å². The Balaban J connectivity index is 1.69. The summed E-state index contributed by atoms with van der Waals surface area (Å²) in [5, 5.41) is 15.0. The van der Waals surface area contributed by atoms with Gasteiger partial charge in [0.15, 0.2) is 0 Å². The third kappa shape index (κ3) is 4.22. The molecule has 8 heteroatoms. The van der Waals surface area contributed by atoms with Gasteiger partial charge in [0, 0.05) is 22.0 Å². The van der Waals surface area contributed by atoms with Crippen molar-refractivity contribution in [2.45, 2.75) is 6.17 Å². The van der Waals surface area contributed by atoms with E-state index in [4.69, 9.17) is 16.7 Å². The van der Waals surface area contributed by atoms with Gasteiger partial charge in [0.05, 0.1) is 5.56 Å². The molecule has 0 aromatic heterocycles. The van der Waals surface area contributed by atoms with Gasteiger partial charge in [-0.3, -0.25) is 19.3 Å². The molecule has 1 unspecified atom stereocenters. The molecule has 0 saturated carbocycles. The van der Waals surface area contributed by atoms with Crippen molar-refractivity contribution in [3.8, 4) is 0 Å². The third-order valence-corrected chi connectivity index (χ3v) is 5.17. The van der Waals surface area contributed by atoms with Crippen LogP contribution in [0.2, 0.25) is 5.02 Å².